The molecule has 2 N–H and O–H groups in total. The van der Waals surface area contributed by atoms with Gasteiger partial charge >= 0.3 is 6.09 Å². The number of nitrogens with zero attached hydrogens (tertiary/aromatic N) is 1. The Bertz CT molecular complexity index is 365. The third-order valence-electron chi connectivity index (χ3n) is 2.00. The van der Waals surface area contributed by atoms with Crippen LogP contribution in [0.2, 0.25) is 0 Å². The molecule has 0 aliphatic carbocycles. The van der Waals surface area contributed by atoms with E-state index in [0.29, 0.717) is 11.3 Å². The lowest BCUT2D eigenvalue weighted by Crippen LogP contribution is -2.27. The molecule has 2 amide bonds. The first-order valence-electron chi connectivity index (χ1n) is 4.39. The molecule has 0 atom stereocenters. The predicted molar refractivity (Wildman–Crippen MR) is 55.6 cm³/mol. The second kappa shape index (κ2) is 4.99. The van der Waals surface area contributed by atoms with Crippen LogP contribution >= 0.6 is 0 Å². The summed E-state index contributed by atoms with van der Waals surface area (Å²) in [5, 5.41) is 11.6. The Morgan fingerprint density at radius 1 is 1.53 bits per heavy atom. The number of carbonyl (C=O) groups is 2. The second-order valence-electron chi connectivity index (χ2n) is 2.92. The molecule has 0 fully saturated rings. The van der Waals surface area contributed by atoms with Crippen LogP contribution in [0.3, 0.4) is 0 Å². The van der Waals surface area contributed by atoms with E-state index >= 15 is 0 Å². The summed E-state index contributed by atoms with van der Waals surface area (Å²) >= 11 is 0. The number of para-hydroxylation sites is 1. The summed E-state index contributed by atoms with van der Waals surface area (Å²) in [6.07, 6.45) is -0.953. The smallest absolute Gasteiger partial charge is 0.414 e. The van der Waals surface area contributed by atoms with E-state index in [1.54, 1.807) is 19.2 Å². The number of imide groups is 1. The zero-order valence-electron chi connectivity index (χ0n) is 8.30. The maximum absolute atomic E-state index is 10.6. The van der Waals surface area contributed by atoms with Gasteiger partial charge in [-0.3, -0.25) is 4.79 Å². The Morgan fingerprint density at radius 3 is 2.73 bits per heavy atom. The number of amides is 2. The molecule has 0 aliphatic heterocycles. The molecule has 0 saturated heterocycles. The van der Waals surface area contributed by atoms with Crippen molar-refractivity contribution in [3.63, 3.8) is 0 Å². The zero-order chi connectivity index (χ0) is 11.3. The van der Waals surface area contributed by atoms with Gasteiger partial charge in [0, 0.05) is 12.7 Å². The molecule has 80 valence electrons. The fourth-order valence-corrected chi connectivity index (χ4v) is 1.24. The van der Waals surface area contributed by atoms with Gasteiger partial charge < -0.3 is 10.4 Å². The summed E-state index contributed by atoms with van der Waals surface area (Å²) in [5.74, 6) is 0. The molecule has 1 rings (SSSR count). The molecule has 0 spiro atoms. The van der Waals surface area contributed by atoms with E-state index in [2.05, 4.69) is 5.32 Å². The average Bonchev–Trinajstić information content (AvgIpc) is 2.25. The largest absolute Gasteiger partial charge is 0.465 e. The molecular formula is C10H12N2O3. The number of hydrogen-bond donors (Lipinski definition) is 2. The van der Waals surface area contributed by atoms with Crippen molar-refractivity contribution in [3.8, 4) is 0 Å². The molecule has 1 aromatic rings. The van der Waals surface area contributed by atoms with Crippen molar-refractivity contribution in [2.75, 3.05) is 12.4 Å². The third-order valence-corrected chi connectivity index (χ3v) is 2.00. The van der Waals surface area contributed by atoms with Gasteiger partial charge in [0.25, 0.3) is 0 Å². The summed E-state index contributed by atoms with van der Waals surface area (Å²) in [6, 6.07) is 7.22. The van der Waals surface area contributed by atoms with Gasteiger partial charge in [0.15, 0.2) is 0 Å². The van der Waals surface area contributed by atoms with Crippen LogP contribution in [-0.4, -0.2) is 29.6 Å². The molecule has 0 saturated carbocycles. The van der Waals surface area contributed by atoms with Crippen molar-refractivity contribution in [2.24, 2.45) is 0 Å². The van der Waals surface area contributed by atoms with E-state index in [9.17, 15) is 9.59 Å². The van der Waals surface area contributed by atoms with E-state index in [1.807, 2.05) is 12.1 Å². The van der Waals surface area contributed by atoms with Crippen LogP contribution in [0.5, 0.6) is 0 Å². The lowest BCUT2D eigenvalue weighted by molar-refractivity contribution is -0.116. The first-order valence-corrected chi connectivity index (χ1v) is 4.39. The quantitative estimate of drug-likeness (QED) is 0.733. The fourth-order valence-electron chi connectivity index (χ4n) is 1.24. The Morgan fingerprint density at radius 2 is 2.20 bits per heavy atom. The van der Waals surface area contributed by atoms with Crippen molar-refractivity contribution in [1.82, 2.24) is 4.90 Å². The molecule has 0 aliphatic rings. The summed E-state index contributed by atoms with van der Waals surface area (Å²) in [7, 11) is 1.74. The van der Waals surface area contributed by atoms with Crippen LogP contribution in [0, 0.1) is 0 Å². The van der Waals surface area contributed by atoms with Gasteiger partial charge in [0.1, 0.15) is 0 Å². The van der Waals surface area contributed by atoms with Crippen LogP contribution in [0.25, 0.3) is 0 Å². The van der Waals surface area contributed by atoms with Gasteiger partial charge in [-0.05, 0) is 11.6 Å². The van der Waals surface area contributed by atoms with E-state index < -0.39 is 6.09 Å². The van der Waals surface area contributed by atoms with Crippen LogP contribution in [0.1, 0.15) is 5.56 Å². The van der Waals surface area contributed by atoms with Crippen molar-refractivity contribution < 1.29 is 14.7 Å². The first kappa shape index (κ1) is 11.0. The Balaban J connectivity index is 2.87. The van der Waals surface area contributed by atoms with Gasteiger partial charge in [0.2, 0.25) is 6.41 Å². The van der Waals surface area contributed by atoms with Crippen molar-refractivity contribution in [3.05, 3.63) is 29.8 Å². The van der Waals surface area contributed by atoms with Gasteiger partial charge in [0.05, 0.1) is 6.54 Å². The monoisotopic (exact) mass is 208 g/mol. The topological polar surface area (TPSA) is 69.6 Å². The third kappa shape index (κ3) is 2.70. The summed E-state index contributed by atoms with van der Waals surface area (Å²) in [6.45, 7) is 0.0514. The summed E-state index contributed by atoms with van der Waals surface area (Å²) in [5.41, 5.74) is 1.57. The summed E-state index contributed by atoms with van der Waals surface area (Å²) < 4.78 is 0. The number of hydrogen-bond acceptors (Lipinski definition) is 3. The lowest BCUT2D eigenvalue weighted by atomic mass is 10.1. The highest BCUT2D eigenvalue weighted by molar-refractivity contribution is 5.78. The second-order valence-corrected chi connectivity index (χ2v) is 2.92. The highest BCUT2D eigenvalue weighted by atomic mass is 16.4. The number of carbonyl (C=O) groups excluding carboxylic acids is 1. The standard InChI is InChI=1S/C10H12N2O3/c1-11-9-5-3-2-4-8(9)6-12(7-13)10(14)15/h2-5,7,11H,6H2,1H3,(H,14,15). The van der Waals surface area contributed by atoms with Gasteiger partial charge in [-0.25, -0.2) is 9.69 Å². The minimum Gasteiger partial charge on any atom is -0.465 e. The number of nitrogens with one attached hydrogen (secondary N) is 1. The van der Waals surface area contributed by atoms with E-state index in [0.717, 1.165) is 11.3 Å². The molecule has 0 bridgehead atoms. The highest BCUT2D eigenvalue weighted by Crippen LogP contribution is 2.15. The lowest BCUT2D eigenvalue weighted by Gasteiger charge is -2.14. The number of anilines is 1. The molecule has 0 unspecified atom stereocenters. The Kier molecular flexibility index (Phi) is 3.68. The molecular weight excluding hydrogens is 196 g/mol. The van der Waals surface area contributed by atoms with Crippen LogP contribution in [0.4, 0.5) is 10.5 Å². The predicted octanol–water partition coefficient (Wildman–Crippen LogP) is 1.36. The van der Waals surface area contributed by atoms with Crippen LogP contribution in [0.15, 0.2) is 24.3 Å². The fraction of sp³-hybridized carbons (Fsp3) is 0.200. The Hall–Kier alpha value is -2.04. The van der Waals surface area contributed by atoms with Crippen molar-refractivity contribution in [2.45, 2.75) is 6.54 Å². The average molecular weight is 208 g/mol. The SMILES string of the molecule is CNc1ccccc1CN(C=O)C(=O)O. The maximum atomic E-state index is 10.6. The maximum Gasteiger partial charge on any atom is 0.414 e. The van der Waals surface area contributed by atoms with Crippen molar-refractivity contribution >= 4 is 18.2 Å². The minimum atomic E-state index is -1.25. The van der Waals surface area contributed by atoms with E-state index in [4.69, 9.17) is 5.11 Å². The molecule has 0 radical (unpaired) electrons. The van der Waals surface area contributed by atoms with Gasteiger partial charge in [-0.2, -0.15) is 0 Å². The molecule has 0 aromatic heterocycles. The molecule has 5 heteroatoms. The minimum absolute atomic E-state index is 0.0514. The molecule has 1 aromatic carbocycles. The molecule has 5 nitrogen and oxygen atoms in total. The van der Waals surface area contributed by atoms with Crippen LogP contribution < -0.4 is 5.32 Å². The van der Waals surface area contributed by atoms with Crippen LogP contribution in [-0.2, 0) is 11.3 Å². The van der Waals surface area contributed by atoms with Crippen molar-refractivity contribution in [1.29, 1.82) is 0 Å². The number of benzene rings is 1. The first-order chi connectivity index (χ1) is 7.19. The zero-order valence-corrected chi connectivity index (χ0v) is 8.30. The number of carboxylic acid groups (broad SMARTS) is 1. The van der Waals surface area contributed by atoms with Gasteiger partial charge in [-0.15, -0.1) is 0 Å². The molecule has 0 heterocycles. The van der Waals surface area contributed by atoms with Gasteiger partial charge in [-0.1, -0.05) is 18.2 Å². The van der Waals surface area contributed by atoms with E-state index in [-0.39, 0.29) is 6.54 Å². The summed E-state index contributed by atoms with van der Waals surface area (Å²) in [4.78, 5) is 21.8. The highest BCUT2D eigenvalue weighted by Gasteiger charge is 2.12. The Labute approximate surface area is 87.3 Å². The van der Waals surface area contributed by atoms with E-state index in [1.165, 1.54) is 0 Å². The normalized spacial score (nSPS) is 9.40. The number of rotatable bonds is 4. The molecule has 15 heavy (non-hydrogen) atoms.